The third-order valence-electron chi connectivity index (χ3n) is 2.54. The minimum atomic E-state index is -0.509. The average molecular weight is 339 g/mol. The standard InChI is InChI=1S/C13H11BrN2O4/c1-19-11-4-2-9(3-5-11)8-20-13-12(14)6-10(7-15-13)16(17)18/h2-7H,8H2,1H3. The zero-order valence-electron chi connectivity index (χ0n) is 10.6. The van der Waals surface area contributed by atoms with Gasteiger partial charge in [0.1, 0.15) is 18.6 Å². The van der Waals surface area contributed by atoms with Crippen molar-refractivity contribution in [3.8, 4) is 11.6 Å². The van der Waals surface area contributed by atoms with Crippen molar-refractivity contribution >= 4 is 21.6 Å². The number of aromatic nitrogens is 1. The summed E-state index contributed by atoms with van der Waals surface area (Å²) in [6.45, 7) is 0.313. The Balaban J connectivity index is 2.04. The lowest BCUT2D eigenvalue weighted by molar-refractivity contribution is -0.385. The van der Waals surface area contributed by atoms with E-state index in [1.807, 2.05) is 24.3 Å². The van der Waals surface area contributed by atoms with Crippen LogP contribution in [-0.4, -0.2) is 17.0 Å². The van der Waals surface area contributed by atoms with E-state index in [1.165, 1.54) is 6.07 Å². The molecule has 0 atom stereocenters. The van der Waals surface area contributed by atoms with Gasteiger partial charge < -0.3 is 9.47 Å². The van der Waals surface area contributed by atoms with Crippen LogP contribution in [0.15, 0.2) is 41.0 Å². The Morgan fingerprint density at radius 1 is 1.35 bits per heavy atom. The Hall–Kier alpha value is -2.15. The van der Waals surface area contributed by atoms with E-state index in [9.17, 15) is 10.1 Å². The van der Waals surface area contributed by atoms with Crippen molar-refractivity contribution in [2.24, 2.45) is 0 Å². The third-order valence-corrected chi connectivity index (χ3v) is 3.11. The smallest absolute Gasteiger partial charge is 0.288 e. The summed E-state index contributed by atoms with van der Waals surface area (Å²) in [6, 6.07) is 8.76. The van der Waals surface area contributed by atoms with Crippen molar-refractivity contribution in [1.82, 2.24) is 4.98 Å². The number of hydrogen-bond acceptors (Lipinski definition) is 5. The maximum Gasteiger partial charge on any atom is 0.288 e. The van der Waals surface area contributed by atoms with E-state index in [0.29, 0.717) is 17.0 Å². The molecule has 0 unspecified atom stereocenters. The van der Waals surface area contributed by atoms with Crippen molar-refractivity contribution in [1.29, 1.82) is 0 Å². The largest absolute Gasteiger partial charge is 0.497 e. The number of pyridine rings is 1. The van der Waals surface area contributed by atoms with Gasteiger partial charge in [0, 0.05) is 6.07 Å². The highest BCUT2D eigenvalue weighted by atomic mass is 79.9. The summed E-state index contributed by atoms with van der Waals surface area (Å²) in [7, 11) is 1.60. The van der Waals surface area contributed by atoms with E-state index in [-0.39, 0.29) is 5.69 Å². The van der Waals surface area contributed by atoms with E-state index in [4.69, 9.17) is 9.47 Å². The first-order chi connectivity index (χ1) is 9.60. The van der Waals surface area contributed by atoms with Crippen LogP contribution in [0.3, 0.4) is 0 Å². The molecular formula is C13H11BrN2O4. The second kappa shape index (κ2) is 6.33. The Bertz CT molecular complexity index is 616. The molecule has 2 rings (SSSR count). The van der Waals surface area contributed by atoms with Crippen molar-refractivity contribution in [3.63, 3.8) is 0 Å². The number of methoxy groups -OCH3 is 1. The van der Waals surface area contributed by atoms with Gasteiger partial charge in [0.2, 0.25) is 5.88 Å². The van der Waals surface area contributed by atoms with Gasteiger partial charge in [0.25, 0.3) is 5.69 Å². The van der Waals surface area contributed by atoms with E-state index < -0.39 is 4.92 Å². The number of halogens is 1. The number of nitro groups is 1. The summed E-state index contributed by atoms with van der Waals surface area (Å²) in [5.74, 6) is 1.08. The first-order valence-corrected chi connectivity index (χ1v) is 6.45. The van der Waals surface area contributed by atoms with Crippen LogP contribution in [0.1, 0.15) is 5.56 Å². The van der Waals surface area contributed by atoms with Crippen LogP contribution in [0, 0.1) is 10.1 Å². The van der Waals surface area contributed by atoms with E-state index >= 15 is 0 Å². The number of rotatable bonds is 5. The lowest BCUT2D eigenvalue weighted by atomic mass is 10.2. The van der Waals surface area contributed by atoms with Crippen LogP contribution in [0.4, 0.5) is 5.69 Å². The maximum atomic E-state index is 10.6. The molecule has 0 fully saturated rings. The van der Waals surface area contributed by atoms with Crippen molar-refractivity contribution < 1.29 is 14.4 Å². The molecule has 0 aliphatic heterocycles. The fourth-order valence-corrected chi connectivity index (χ4v) is 1.95. The summed E-state index contributed by atoms with van der Waals surface area (Å²) >= 11 is 3.20. The summed E-state index contributed by atoms with van der Waals surface area (Å²) in [5, 5.41) is 10.6. The molecule has 0 spiro atoms. The van der Waals surface area contributed by atoms with E-state index in [0.717, 1.165) is 17.5 Å². The molecule has 1 aromatic carbocycles. The predicted molar refractivity (Wildman–Crippen MR) is 75.9 cm³/mol. The first kappa shape index (κ1) is 14.3. The van der Waals surface area contributed by atoms with Crippen LogP contribution < -0.4 is 9.47 Å². The molecule has 0 saturated heterocycles. The molecule has 0 amide bonds. The zero-order chi connectivity index (χ0) is 14.5. The molecular weight excluding hydrogens is 328 g/mol. The van der Waals surface area contributed by atoms with Gasteiger partial charge in [-0.25, -0.2) is 4.98 Å². The monoisotopic (exact) mass is 338 g/mol. The highest BCUT2D eigenvalue weighted by Gasteiger charge is 2.11. The minimum Gasteiger partial charge on any atom is -0.497 e. The fraction of sp³-hybridized carbons (Fsp3) is 0.154. The van der Waals surface area contributed by atoms with Crippen LogP contribution in [0.2, 0.25) is 0 Å². The van der Waals surface area contributed by atoms with E-state index in [1.54, 1.807) is 7.11 Å². The van der Waals surface area contributed by atoms with Gasteiger partial charge in [0.15, 0.2) is 0 Å². The van der Waals surface area contributed by atoms with Crippen LogP contribution >= 0.6 is 15.9 Å². The molecule has 6 nitrogen and oxygen atoms in total. The van der Waals surface area contributed by atoms with Crippen LogP contribution in [0.25, 0.3) is 0 Å². The molecule has 104 valence electrons. The number of ether oxygens (including phenoxy) is 2. The molecule has 20 heavy (non-hydrogen) atoms. The number of hydrogen-bond donors (Lipinski definition) is 0. The molecule has 0 aliphatic carbocycles. The predicted octanol–water partition coefficient (Wildman–Crippen LogP) is 3.34. The maximum absolute atomic E-state index is 10.6. The molecule has 0 aliphatic rings. The summed E-state index contributed by atoms with van der Waals surface area (Å²) < 4.78 is 11.0. The second-order valence-corrected chi connectivity index (χ2v) is 4.73. The zero-order valence-corrected chi connectivity index (χ0v) is 12.2. The molecule has 1 aromatic heterocycles. The number of benzene rings is 1. The Morgan fingerprint density at radius 3 is 2.60 bits per heavy atom. The Kier molecular flexibility index (Phi) is 4.52. The van der Waals surface area contributed by atoms with Crippen LogP contribution in [0.5, 0.6) is 11.6 Å². The first-order valence-electron chi connectivity index (χ1n) is 5.66. The molecule has 1 heterocycles. The van der Waals surface area contributed by atoms with Gasteiger partial charge in [-0.1, -0.05) is 12.1 Å². The van der Waals surface area contributed by atoms with Gasteiger partial charge in [-0.3, -0.25) is 10.1 Å². The second-order valence-electron chi connectivity index (χ2n) is 3.87. The van der Waals surface area contributed by atoms with Gasteiger partial charge >= 0.3 is 0 Å². The van der Waals surface area contributed by atoms with Crippen molar-refractivity contribution in [3.05, 3.63) is 56.7 Å². The quantitative estimate of drug-likeness (QED) is 0.617. The van der Waals surface area contributed by atoms with Crippen LogP contribution in [-0.2, 0) is 6.61 Å². The Labute approximate surface area is 123 Å². The SMILES string of the molecule is COc1ccc(COc2ncc([N+](=O)[O-])cc2Br)cc1. The molecule has 2 aromatic rings. The van der Waals surface area contributed by atoms with Gasteiger partial charge in [-0.2, -0.15) is 0 Å². The topological polar surface area (TPSA) is 74.5 Å². The lowest BCUT2D eigenvalue weighted by Gasteiger charge is -2.07. The Morgan fingerprint density at radius 2 is 2.05 bits per heavy atom. The molecule has 0 radical (unpaired) electrons. The summed E-state index contributed by atoms with van der Waals surface area (Å²) in [5.41, 5.74) is 0.853. The molecule has 0 saturated carbocycles. The lowest BCUT2D eigenvalue weighted by Crippen LogP contribution is -1.99. The highest BCUT2D eigenvalue weighted by Crippen LogP contribution is 2.27. The normalized spacial score (nSPS) is 10.1. The summed E-state index contributed by atoms with van der Waals surface area (Å²) in [4.78, 5) is 14.0. The fourth-order valence-electron chi connectivity index (χ4n) is 1.49. The minimum absolute atomic E-state index is 0.0892. The molecule has 0 bridgehead atoms. The molecule has 7 heteroatoms. The highest BCUT2D eigenvalue weighted by molar-refractivity contribution is 9.10. The number of nitrogens with zero attached hydrogens (tertiary/aromatic N) is 2. The van der Waals surface area contributed by atoms with Gasteiger partial charge in [-0.15, -0.1) is 0 Å². The summed E-state index contributed by atoms with van der Waals surface area (Å²) in [6.07, 6.45) is 1.16. The molecule has 0 N–H and O–H groups in total. The van der Waals surface area contributed by atoms with E-state index in [2.05, 4.69) is 20.9 Å². The van der Waals surface area contributed by atoms with Crippen molar-refractivity contribution in [2.45, 2.75) is 6.61 Å². The van der Waals surface area contributed by atoms with Gasteiger partial charge in [0.05, 0.1) is 16.5 Å². The third kappa shape index (κ3) is 3.45. The van der Waals surface area contributed by atoms with Crippen molar-refractivity contribution in [2.75, 3.05) is 7.11 Å². The average Bonchev–Trinajstić information content (AvgIpc) is 2.46. The van der Waals surface area contributed by atoms with Gasteiger partial charge in [-0.05, 0) is 33.6 Å².